The van der Waals surface area contributed by atoms with Gasteiger partial charge in [-0.1, -0.05) is 55.5 Å². The third-order valence-electron chi connectivity index (χ3n) is 4.68. The first kappa shape index (κ1) is 22.2. The van der Waals surface area contributed by atoms with E-state index in [0.29, 0.717) is 24.6 Å². The maximum absolute atomic E-state index is 11.8. The molecule has 0 heterocycles. The van der Waals surface area contributed by atoms with E-state index in [9.17, 15) is 9.90 Å². The lowest BCUT2D eigenvalue weighted by atomic mass is 9.84. The van der Waals surface area contributed by atoms with Crippen LogP contribution in [0.25, 0.3) is 0 Å². The van der Waals surface area contributed by atoms with E-state index in [1.807, 2.05) is 42.5 Å². The van der Waals surface area contributed by atoms with Gasteiger partial charge in [-0.15, -0.1) is 12.4 Å². The third kappa shape index (κ3) is 6.13. The van der Waals surface area contributed by atoms with Crippen LogP contribution in [-0.2, 0) is 6.42 Å². The highest BCUT2D eigenvalue weighted by Crippen LogP contribution is 2.27. The van der Waals surface area contributed by atoms with Gasteiger partial charge >= 0.3 is 0 Å². The van der Waals surface area contributed by atoms with Crippen molar-refractivity contribution in [2.45, 2.75) is 44.8 Å². The summed E-state index contributed by atoms with van der Waals surface area (Å²) in [6.07, 6.45) is 1.03. The molecule has 0 aromatic heterocycles. The molecular weight excluding hydrogens is 348 g/mol. The van der Waals surface area contributed by atoms with Crippen LogP contribution >= 0.6 is 12.4 Å². The highest BCUT2D eigenvalue weighted by Gasteiger charge is 2.25. The summed E-state index contributed by atoms with van der Waals surface area (Å²) in [6.45, 7) is 4.67. The Kier molecular flexibility index (Phi) is 9.35. The molecule has 0 saturated carbocycles. The van der Waals surface area contributed by atoms with Gasteiger partial charge in [-0.2, -0.15) is 0 Å². The lowest BCUT2D eigenvalue weighted by molar-refractivity contribution is 0.0995. The molecule has 5 heteroatoms. The maximum Gasteiger partial charge on any atom is 0.248 e. The number of halogens is 1. The average Bonchev–Trinajstić information content (AvgIpc) is 2.64. The molecule has 0 radical (unpaired) electrons. The molecule has 0 fully saturated rings. The predicted octanol–water partition coefficient (Wildman–Crippen LogP) is 3.28. The van der Waals surface area contributed by atoms with Gasteiger partial charge in [0.1, 0.15) is 0 Å². The zero-order valence-corrected chi connectivity index (χ0v) is 16.2. The van der Waals surface area contributed by atoms with Crippen LogP contribution in [0.4, 0.5) is 0 Å². The zero-order chi connectivity index (χ0) is 18.2. The highest BCUT2D eigenvalue weighted by atomic mass is 35.5. The topological polar surface area (TPSA) is 75.3 Å². The molecule has 2 aromatic carbocycles. The Morgan fingerprint density at radius 2 is 1.73 bits per heavy atom. The second kappa shape index (κ2) is 11.0. The molecular formula is C21H29ClN2O2. The van der Waals surface area contributed by atoms with Crippen molar-refractivity contribution in [3.63, 3.8) is 0 Å². The molecule has 4 nitrogen and oxygen atoms in total. The van der Waals surface area contributed by atoms with E-state index in [2.05, 4.69) is 19.2 Å². The number of aliphatic hydroxyl groups is 1. The van der Waals surface area contributed by atoms with Gasteiger partial charge in [0.05, 0.1) is 6.10 Å². The largest absolute Gasteiger partial charge is 0.391 e. The molecule has 2 aromatic rings. The van der Waals surface area contributed by atoms with Crippen molar-refractivity contribution in [2.24, 2.45) is 5.73 Å². The van der Waals surface area contributed by atoms with Gasteiger partial charge in [0, 0.05) is 24.1 Å². The van der Waals surface area contributed by atoms with Crippen LogP contribution in [0.5, 0.6) is 0 Å². The molecule has 0 aliphatic carbocycles. The predicted molar refractivity (Wildman–Crippen MR) is 109 cm³/mol. The number of primary amides is 1. The molecule has 2 rings (SSSR count). The van der Waals surface area contributed by atoms with Gasteiger partial charge in [0.25, 0.3) is 0 Å². The number of hydrogen-bond donors (Lipinski definition) is 3. The third-order valence-corrected chi connectivity index (χ3v) is 4.68. The molecule has 4 N–H and O–H groups in total. The number of nitrogens with two attached hydrogens (primary N) is 1. The number of hydrogen-bond acceptors (Lipinski definition) is 3. The number of amides is 1. The van der Waals surface area contributed by atoms with E-state index in [1.54, 1.807) is 12.1 Å². The van der Waals surface area contributed by atoms with Crippen LogP contribution in [0.1, 0.15) is 47.7 Å². The number of aliphatic hydroxyl groups excluding tert-OH is 1. The monoisotopic (exact) mass is 376 g/mol. The lowest BCUT2D eigenvalue weighted by Gasteiger charge is -2.26. The van der Waals surface area contributed by atoms with Crippen molar-refractivity contribution < 1.29 is 9.90 Å². The van der Waals surface area contributed by atoms with Gasteiger partial charge in [-0.25, -0.2) is 0 Å². The summed E-state index contributed by atoms with van der Waals surface area (Å²) in [6, 6.07) is 17.6. The minimum absolute atomic E-state index is 0. The minimum Gasteiger partial charge on any atom is -0.391 e. The van der Waals surface area contributed by atoms with Crippen molar-refractivity contribution in [1.82, 2.24) is 5.32 Å². The molecule has 1 unspecified atom stereocenters. The Morgan fingerprint density at radius 1 is 1.12 bits per heavy atom. The van der Waals surface area contributed by atoms with E-state index in [0.717, 1.165) is 17.5 Å². The molecule has 1 amide bonds. The number of nitrogens with one attached hydrogen (secondary N) is 1. The number of rotatable bonds is 9. The Labute approximate surface area is 162 Å². The van der Waals surface area contributed by atoms with Gasteiger partial charge in [0.2, 0.25) is 5.91 Å². The Hall–Kier alpha value is -1.88. The summed E-state index contributed by atoms with van der Waals surface area (Å²) in [5, 5.41) is 14.2. The van der Waals surface area contributed by atoms with Crippen LogP contribution in [0, 0.1) is 0 Å². The van der Waals surface area contributed by atoms with Crippen LogP contribution in [0.3, 0.4) is 0 Å². The van der Waals surface area contributed by atoms with Crippen molar-refractivity contribution in [3.05, 3.63) is 71.3 Å². The van der Waals surface area contributed by atoms with E-state index in [-0.39, 0.29) is 18.3 Å². The summed E-state index contributed by atoms with van der Waals surface area (Å²) < 4.78 is 0. The smallest absolute Gasteiger partial charge is 0.248 e. The van der Waals surface area contributed by atoms with Crippen LogP contribution in [-0.4, -0.2) is 29.7 Å². The molecule has 0 aliphatic rings. The van der Waals surface area contributed by atoms with Crippen molar-refractivity contribution in [2.75, 3.05) is 6.54 Å². The maximum atomic E-state index is 11.8. The number of benzene rings is 2. The second-order valence-electron chi connectivity index (χ2n) is 6.53. The summed E-state index contributed by atoms with van der Waals surface area (Å²) in [5.74, 6) is -0.668. The highest BCUT2D eigenvalue weighted by molar-refractivity contribution is 5.94. The lowest BCUT2D eigenvalue weighted by Crippen LogP contribution is -2.37. The van der Waals surface area contributed by atoms with Gasteiger partial charge in [-0.05, 0) is 37.0 Å². The van der Waals surface area contributed by atoms with E-state index in [4.69, 9.17) is 5.73 Å². The molecule has 0 aliphatic heterocycles. The first-order chi connectivity index (χ1) is 12.0. The number of carbonyl (C=O) groups excluding carboxylic acids is 1. The fourth-order valence-electron chi connectivity index (χ4n) is 2.97. The molecule has 26 heavy (non-hydrogen) atoms. The van der Waals surface area contributed by atoms with Gasteiger partial charge in [-0.3, -0.25) is 4.79 Å². The second-order valence-corrected chi connectivity index (χ2v) is 6.53. The van der Waals surface area contributed by atoms with Crippen molar-refractivity contribution >= 4 is 18.3 Å². The summed E-state index contributed by atoms with van der Waals surface area (Å²) in [7, 11) is 0. The summed E-state index contributed by atoms with van der Waals surface area (Å²) in [4.78, 5) is 11.8. The van der Waals surface area contributed by atoms with E-state index < -0.39 is 12.0 Å². The molecule has 0 spiro atoms. The normalized spacial score (nSPS) is 14.1. The molecule has 3 atom stereocenters. The van der Waals surface area contributed by atoms with Crippen LogP contribution < -0.4 is 11.1 Å². The first-order valence-electron chi connectivity index (χ1n) is 8.87. The standard InChI is InChI=1S/C21H28N2O2.ClH/c1-3-15(2)23-14-20(24)19(13-16-9-5-4-6-10-16)17-11-7-8-12-18(17)21(22)25;/h4-12,15,19-20,23-24H,3,13-14H2,1-2H3,(H2,22,25);1H/t15?,19-,20-;/m0./s1. The van der Waals surface area contributed by atoms with Crippen molar-refractivity contribution in [1.29, 1.82) is 0 Å². The molecule has 0 bridgehead atoms. The van der Waals surface area contributed by atoms with Gasteiger partial charge in [0.15, 0.2) is 0 Å². The van der Waals surface area contributed by atoms with E-state index >= 15 is 0 Å². The van der Waals surface area contributed by atoms with Gasteiger partial charge < -0.3 is 16.2 Å². The SMILES string of the molecule is CCC(C)NC[C@H](O)[C@@H](Cc1ccccc1)c1ccccc1C(N)=O.Cl. The first-order valence-corrected chi connectivity index (χ1v) is 8.87. The average molecular weight is 377 g/mol. The summed E-state index contributed by atoms with van der Waals surface area (Å²) in [5.41, 5.74) is 7.95. The van der Waals surface area contributed by atoms with Crippen LogP contribution in [0.15, 0.2) is 54.6 Å². The summed E-state index contributed by atoms with van der Waals surface area (Å²) >= 11 is 0. The quantitative estimate of drug-likeness (QED) is 0.628. The zero-order valence-electron chi connectivity index (χ0n) is 15.4. The Balaban J connectivity index is 0.00000338. The van der Waals surface area contributed by atoms with Crippen LogP contribution in [0.2, 0.25) is 0 Å². The number of carbonyl (C=O) groups is 1. The minimum atomic E-state index is -0.616. The van der Waals surface area contributed by atoms with Crippen molar-refractivity contribution in [3.8, 4) is 0 Å². The fraction of sp³-hybridized carbons (Fsp3) is 0.381. The molecule has 0 saturated heterocycles. The molecule has 142 valence electrons. The Morgan fingerprint density at radius 3 is 2.35 bits per heavy atom. The Bertz CT molecular complexity index is 679. The van der Waals surface area contributed by atoms with E-state index in [1.165, 1.54) is 0 Å². The fourth-order valence-corrected chi connectivity index (χ4v) is 2.97.